The van der Waals surface area contributed by atoms with E-state index in [0.29, 0.717) is 12.3 Å². The molecule has 2 aliphatic heterocycles. The monoisotopic (exact) mass is 306 g/mol. The molecule has 0 aromatic heterocycles. The van der Waals surface area contributed by atoms with Crippen LogP contribution in [0.2, 0.25) is 0 Å². The first-order valence-corrected chi connectivity index (χ1v) is 8.13. The molecule has 2 saturated heterocycles. The summed E-state index contributed by atoms with van der Waals surface area (Å²) in [5.74, 6) is 0.664. The zero-order chi connectivity index (χ0) is 15.4. The van der Waals surface area contributed by atoms with Crippen molar-refractivity contribution < 1.29 is 13.9 Å². The summed E-state index contributed by atoms with van der Waals surface area (Å²) < 4.78 is 18.6. The van der Waals surface area contributed by atoms with Crippen LogP contribution in [0.3, 0.4) is 0 Å². The molecule has 0 radical (unpaired) electrons. The largest absolute Gasteiger partial charge is 0.488 e. The number of halogens is 1. The van der Waals surface area contributed by atoms with Gasteiger partial charge in [0.2, 0.25) is 5.91 Å². The molecule has 4 nitrogen and oxygen atoms in total. The second-order valence-electron chi connectivity index (χ2n) is 6.18. The molecule has 0 unspecified atom stereocenters. The average molecular weight is 306 g/mol. The Hall–Kier alpha value is -1.62. The number of likely N-dealkylation sites (tertiary alicyclic amines) is 2. The fourth-order valence-corrected chi connectivity index (χ4v) is 3.04. The summed E-state index contributed by atoms with van der Waals surface area (Å²) in [5, 5.41) is 0. The maximum absolute atomic E-state index is 12.8. The molecule has 0 spiro atoms. The first-order valence-electron chi connectivity index (χ1n) is 8.13. The Morgan fingerprint density at radius 3 is 2.36 bits per heavy atom. The zero-order valence-corrected chi connectivity index (χ0v) is 12.8. The van der Waals surface area contributed by atoms with E-state index in [-0.39, 0.29) is 17.8 Å². The van der Waals surface area contributed by atoms with E-state index in [0.717, 1.165) is 39.0 Å². The molecule has 22 heavy (non-hydrogen) atoms. The van der Waals surface area contributed by atoms with Crippen molar-refractivity contribution in [2.24, 2.45) is 0 Å². The minimum absolute atomic E-state index is 0.0994. The number of amides is 1. The summed E-state index contributed by atoms with van der Waals surface area (Å²) >= 11 is 0. The topological polar surface area (TPSA) is 32.8 Å². The molecule has 5 heteroatoms. The van der Waals surface area contributed by atoms with E-state index < -0.39 is 0 Å². The van der Waals surface area contributed by atoms with Crippen molar-refractivity contribution in [1.82, 2.24) is 9.80 Å². The Kier molecular flexibility index (Phi) is 4.93. The van der Waals surface area contributed by atoms with Crippen LogP contribution in [0.4, 0.5) is 4.39 Å². The fraction of sp³-hybridized carbons (Fsp3) is 0.588. The van der Waals surface area contributed by atoms with E-state index >= 15 is 0 Å². The smallest absolute Gasteiger partial charge is 0.236 e. The molecule has 0 aliphatic carbocycles. The lowest BCUT2D eigenvalue weighted by Crippen LogP contribution is -2.56. The Morgan fingerprint density at radius 1 is 1.09 bits per heavy atom. The molecular weight excluding hydrogens is 283 g/mol. The summed E-state index contributed by atoms with van der Waals surface area (Å²) in [7, 11) is 0. The highest BCUT2D eigenvalue weighted by atomic mass is 19.1. The summed E-state index contributed by atoms with van der Waals surface area (Å²) in [5.41, 5.74) is 0. The Morgan fingerprint density at radius 2 is 1.73 bits per heavy atom. The quantitative estimate of drug-likeness (QED) is 0.855. The average Bonchev–Trinajstić information content (AvgIpc) is 2.76. The lowest BCUT2D eigenvalue weighted by molar-refractivity contribution is -0.134. The van der Waals surface area contributed by atoms with Crippen molar-refractivity contribution in [3.63, 3.8) is 0 Å². The van der Waals surface area contributed by atoms with Gasteiger partial charge in [0.05, 0.1) is 6.54 Å². The standard InChI is InChI=1S/C17H23FN2O2/c18-14-5-7-15(8-6-14)22-16-11-19(12-16)13-17(21)20-9-3-1-2-4-10-20/h5-8,16H,1-4,9-13H2. The second kappa shape index (κ2) is 7.09. The van der Waals surface area contributed by atoms with Crippen molar-refractivity contribution in [2.45, 2.75) is 31.8 Å². The van der Waals surface area contributed by atoms with Gasteiger partial charge in [0, 0.05) is 26.2 Å². The maximum atomic E-state index is 12.8. The van der Waals surface area contributed by atoms with E-state index in [4.69, 9.17) is 4.74 Å². The summed E-state index contributed by atoms with van der Waals surface area (Å²) in [4.78, 5) is 16.4. The summed E-state index contributed by atoms with van der Waals surface area (Å²) in [6.45, 7) is 3.82. The lowest BCUT2D eigenvalue weighted by atomic mass is 10.1. The third kappa shape index (κ3) is 3.97. The van der Waals surface area contributed by atoms with Crippen molar-refractivity contribution in [1.29, 1.82) is 0 Å². The maximum Gasteiger partial charge on any atom is 0.236 e. The Balaban J connectivity index is 1.39. The predicted octanol–water partition coefficient (Wildman–Crippen LogP) is 2.29. The van der Waals surface area contributed by atoms with Crippen molar-refractivity contribution in [2.75, 3.05) is 32.7 Å². The normalized spacial score (nSPS) is 20.3. The summed E-state index contributed by atoms with van der Waals surface area (Å²) in [6.07, 6.45) is 4.83. The molecule has 2 aliphatic rings. The third-order valence-electron chi connectivity index (χ3n) is 4.36. The van der Waals surface area contributed by atoms with E-state index in [1.54, 1.807) is 12.1 Å². The van der Waals surface area contributed by atoms with Crippen LogP contribution in [0.5, 0.6) is 5.75 Å². The van der Waals surface area contributed by atoms with Gasteiger partial charge in [0.1, 0.15) is 17.7 Å². The molecule has 1 aromatic rings. The van der Waals surface area contributed by atoms with Crippen molar-refractivity contribution in [3.8, 4) is 5.75 Å². The molecule has 2 fully saturated rings. The lowest BCUT2D eigenvalue weighted by Gasteiger charge is -2.39. The van der Waals surface area contributed by atoms with Crippen molar-refractivity contribution in [3.05, 3.63) is 30.1 Å². The van der Waals surface area contributed by atoms with E-state index in [1.165, 1.54) is 25.0 Å². The third-order valence-corrected chi connectivity index (χ3v) is 4.36. The molecule has 0 bridgehead atoms. The zero-order valence-electron chi connectivity index (χ0n) is 12.8. The van der Waals surface area contributed by atoms with Crippen LogP contribution in [-0.2, 0) is 4.79 Å². The van der Waals surface area contributed by atoms with E-state index in [1.807, 2.05) is 4.90 Å². The molecule has 120 valence electrons. The van der Waals surface area contributed by atoms with Gasteiger partial charge in [-0.2, -0.15) is 0 Å². The molecule has 3 rings (SSSR count). The molecular formula is C17H23FN2O2. The highest BCUT2D eigenvalue weighted by molar-refractivity contribution is 5.78. The first-order chi connectivity index (χ1) is 10.7. The van der Waals surface area contributed by atoms with Crippen LogP contribution >= 0.6 is 0 Å². The number of hydrogen-bond acceptors (Lipinski definition) is 3. The number of ether oxygens (including phenoxy) is 1. The van der Waals surface area contributed by atoms with Gasteiger partial charge in [-0.3, -0.25) is 9.69 Å². The molecule has 1 aromatic carbocycles. The number of carbonyl (C=O) groups excluding carboxylic acids is 1. The van der Waals surface area contributed by atoms with Crippen LogP contribution in [0.25, 0.3) is 0 Å². The minimum Gasteiger partial charge on any atom is -0.488 e. The van der Waals surface area contributed by atoms with Gasteiger partial charge < -0.3 is 9.64 Å². The van der Waals surface area contributed by atoms with Gasteiger partial charge in [-0.1, -0.05) is 12.8 Å². The van der Waals surface area contributed by atoms with Gasteiger partial charge in [0.25, 0.3) is 0 Å². The van der Waals surface area contributed by atoms with Crippen LogP contribution < -0.4 is 4.74 Å². The van der Waals surface area contributed by atoms with Gasteiger partial charge in [0.15, 0.2) is 0 Å². The first kappa shape index (κ1) is 15.3. The van der Waals surface area contributed by atoms with Crippen LogP contribution in [0, 0.1) is 5.82 Å². The summed E-state index contributed by atoms with van der Waals surface area (Å²) in [6, 6.07) is 6.07. The Labute approximate surface area is 130 Å². The highest BCUT2D eigenvalue weighted by Crippen LogP contribution is 2.19. The molecule has 0 atom stereocenters. The number of rotatable bonds is 4. The predicted molar refractivity (Wildman–Crippen MR) is 82.3 cm³/mol. The van der Waals surface area contributed by atoms with Gasteiger partial charge in [-0.15, -0.1) is 0 Å². The second-order valence-corrected chi connectivity index (χ2v) is 6.18. The molecule has 1 amide bonds. The molecule has 2 heterocycles. The van der Waals surface area contributed by atoms with Gasteiger partial charge >= 0.3 is 0 Å². The van der Waals surface area contributed by atoms with Crippen LogP contribution in [0.1, 0.15) is 25.7 Å². The SMILES string of the molecule is O=C(CN1CC(Oc2ccc(F)cc2)C1)N1CCCCCC1. The van der Waals surface area contributed by atoms with Gasteiger partial charge in [-0.05, 0) is 37.1 Å². The van der Waals surface area contributed by atoms with Gasteiger partial charge in [-0.25, -0.2) is 4.39 Å². The van der Waals surface area contributed by atoms with Crippen LogP contribution in [0.15, 0.2) is 24.3 Å². The fourth-order valence-electron chi connectivity index (χ4n) is 3.04. The number of carbonyl (C=O) groups is 1. The van der Waals surface area contributed by atoms with Crippen molar-refractivity contribution >= 4 is 5.91 Å². The molecule has 0 saturated carbocycles. The number of hydrogen-bond donors (Lipinski definition) is 0. The van der Waals surface area contributed by atoms with E-state index in [2.05, 4.69) is 4.90 Å². The Bertz CT molecular complexity index is 492. The van der Waals surface area contributed by atoms with Crippen LogP contribution in [-0.4, -0.2) is 54.5 Å². The van der Waals surface area contributed by atoms with E-state index in [9.17, 15) is 9.18 Å². The minimum atomic E-state index is -0.259. The number of nitrogens with zero attached hydrogens (tertiary/aromatic N) is 2. The molecule has 0 N–H and O–H groups in total. The highest BCUT2D eigenvalue weighted by Gasteiger charge is 2.31. The number of benzene rings is 1.